The minimum atomic E-state index is -4.97. The summed E-state index contributed by atoms with van der Waals surface area (Å²) in [4.78, 5) is 58.8. The van der Waals surface area contributed by atoms with Gasteiger partial charge < -0.3 is 34.2 Å². The second-order valence-corrected chi connectivity index (χ2v) is 30.8. The Bertz CT molecular complexity index is 2800. The molecule has 0 bridgehead atoms. The van der Waals surface area contributed by atoms with E-state index in [1.807, 2.05) is 18.2 Å². The molecule has 5 unspecified atom stereocenters. The number of rotatable bonds is 79. The molecule has 0 saturated carbocycles. The minimum absolute atomic E-state index is 0.0345. The zero-order valence-corrected chi connectivity index (χ0v) is 70.8. The number of esters is 3. The van der Waals surface area contributed by atoms with Crippen LogP contribution in [0.5, 0.6) is 0 Å². The van der Waals surface area contributed by atoms with Gasteiger partial charge in [-0.25, -0.2) is 9.13 Å². The van der Waals surface area contributed by atoms with Crippen LogP contribution in [0.25, 0.3) is 0 Å². The van der Waals surface area contributed by atoms with Crippen molar-refractivity contribution in [2.75, 3.05) is 39.6 Å². The zero-order chi connectivity index (χ0) is 80.8. The van der Waals surface area contributed by atoms with Crippen molar-refractivity contribution in [1.82, 2.24) is 0 Å². The van der Waals surface area contributed by atoms with Crippen LogP contribution in [0, 0.1) is 0 Å². The molecular weight excluding hydrogens is 1430 g/mol. The number of hydrogen-bond acceptors (Lipinski definition) is 14. The van der Waals surface area contributed by atoms with Gasteiger partial charge in [-0.15, -0.1) is 0 Å². The van der Waals surface area contributed by atoms with E-state index in [0.717, 1.165) is 135 Å². The first kappa shape index (κ1) is 105. The van der Waals surface area contributed by atoms with Crippen molar-refractivity contribution in [1.29, 1.82) is 0 Å². The standard InChI is InChI=1S/C93H152O16P2/c1-4-7-10-13-16-19-22-25-28-31-34-36-38-39-40-41-42-43-44-45-46-47-49-51-53-55-58-61-64-67-70-73-76-79-91(96)103-82-88(94)83-105-110(99,100)106-84-89(95)85-107-111(101,102)108-87-90(109-93(98)81-78-75-72-69-66-63-60-57-52-33-30-27-24-21-18-15-12-9-6-3)86-104-92(97)80-77-74-71-68-65-62-59-56-54-50-48-37-35-32-29-26-23-20-17-14-11-8-5-2/h8-9,11-12,16-21,25-30,34-37,39-40,50,52,54,57,59,62-63,66,72,75,88-90,94-95H,4-7,10,13-15,22-24,31-33,38,41-49,51,53,55-56,58,60-61,64-65,67-71,73-74,76-87H2,1-3H3,(H,99,100)(H,101,102)/b11-8-,12-9-,19-16-,20-17-,21-18-,28-25-,29-26-,30-27-,36-34-,37-35-,40-39-,54-50-,57-52-,62-59-,66-63-,75-72-. The number of carbonyl (C=O) groups is 3. The van der Waals surface area contributed by atoms with Crippen LogP contribution in [0.15, 0.2) is 194 Å². The van der Waals surface area contributed by atoms with Crippen LogP contribution in [-0.4, -0.2) is 95.9 Å². The van der Waals surface area contributed by atoms with E-state index in [-0.39, 0.29) is 19.3 Å². The first-order valence-corrected chi connectivity index (χ1v) is 45.7. The van der Waals surface area contributed by atoms with Crippen LogP contribution in [0.1, 0.15) is 316 Å². The molecule has 0 spiro atoms. The van der Waals surface area contributed by atoms with Gasteiger partial charge in [0.05, 0.1) is 26.4 Å². The fourth-order valence-corrected chi connectivity index (χ4v) is 12.5. The van der Waals surface area contributed by atoms with Crippen molar-refractivity contribution in [3.8, 4) is 0 Å². The van der Waals surface area contributed by atoms with E-state index in [2.05, 4.69) is 197 Å². The molecular formula is C93H152O16P2. The van der Waals surface area contributed by atoms with Crippen molar-refractivity contribution >= 4 is 33.6 Å². The maximum absolute atomic E-state index is 13.0. The van der Waals surface area contributed by atoms with Crippen LogP contribution in [0.4, 0.5) is 0 Å². The smallest absolute Gasteiger partial charge is 0.463 e. The van der Waals surface area contributed by atoms with E-state index in [0.29, 0.717) is 25.7 Å². The molecule has 0 saturated heterocycles. The molecule has 0 fully saturated rings. The fraction of sp³-hybridized carbons (Fsp3) is 0.624. The number of aliphatic hydroxyl groups is 2. The summed E-state index contributed by atoms with van der Waals surface area (Å²) in [6, 6.07) is 0. The lowest BCUT2D eigenvalue weighted by Crippen LogP contribution is -2.29. The lowest BCUT2D eigenvalue weighted by molar-refractivity contribution is -0.161. The molecule has 18 heteroatoms. The molecule has 5 atom stereocenters. The van der Waals surface area contributed by atoms with Crippen LogP contribution in [0.3, 0.4) is 0 Å². The second kappa shape index (κ2) is 83.8. The van der Waals surface area contributed by atoms with Gasteiger partial charge >= 0.3 is 33.6 Å². The molecule has 0 aromatic heterocycles. The molecule has 0 aromatic carbocycles. The quantitative estimate of drug-likeness (QED) is 0.0146. The lowest BCUT2D eigenvalue weighted by Gasteiger charge is -2.21. The Hall–Kier alpha value is -5.61. The monoisotopic (exact) mass is 1590 g/mol. The van der Waals surface area contributed by atoms with Gasteiger partial charge in [-0.3, -0.25) is 32.5 Å². The first-order valence-electron chi connectivity index (χ1n) is 42.7. The SMILES string of the molecule is CC/C=C\C/C=C\C/C=C\C/C=C\C/C=C\C/C=C\CCCCCCC(=O)OCC(COP(=O)(O)OCC(O)COP(=O)(O)OCC(O)COC(=O)CCCCCCCCCCCCCCCCCCC/C=C\C/C=C\C/C=C\C/C=C\CCCCC)OC(=O)CC/C=C\C/C=C\C/C=C\C/C=C\C/C=C\C/C=C\CC. The van der Waals surface area contributed by atoms with Crippen molar-refractivity contribution in [3.05, 3.63) is 194 Å². The van der Waals surface area contributed by atoms with Gasteiger partial charge in [0.1, 0.15) is 25.4 Å². The Kier molecular flexibility index (Phi) is 79.6. The van der Waals surface area contributed by atoms with Crippen molar-refractivity contribution in [3.63, 3.8) is 0 Å². The van der Waals surface area contributed by atoms with Gasteiger partial charge in [0.15, 0.2) is 6.10 Å². The summed E-state index contributed by atoms with van der Waals surface area (Å²) in [5.74, 6) is -1.71. The average Bonchev–Trinajstić information content (AvgIpc) is 0.902. The number of aliphatic hydroxyl groups excluding tert-OH is 2. The molecule has 0 aliphatic heterocycles. The summed E-state index contributed by atoms with van der Waals surface area (Å²) in [5, 5.41) is 20.7. The topological polar surface area (TPSA) is 231 Å². The molecule has 0 radical (unpaired) electrons. The van der Waals surface area contributed by atoms with E-state index in [4.69, 9.17) is 32.3 Å². The van der Waals surface area contributed by atoms with Gasteiger partial charge in [0.2, 0.25) is 0 Å². The maximum atomic E-state index is 13.0. The molecule has 0 aromatic rings. The van der Waals surface area contributed by atoms with Crippen molar-refractivity contribution in [2.45, 2.75) is 334 Å². The molecule has 4 N–H and O–H groups in total. The first-order chi connectivity index (χ1) is 54.2. The van der Waals surface area contributed by atoms with Crippen LogP contribution in [0.2, 0.25) is 0 Å². The summed E-state index contributed by atoms with van der Waals surface area (Å²) in [6.45, 7) is 2.30. The van der Waals surface area contributed by atoms with Gasteiger partial charge in [0.25, 0.3) is 0 Å². The molecule has 0 amide bonds. The molecule has 0 heterocycles. The number of hydrogen-bond donors (Lipinski definition) is 4. The minimum Gasteiger partial charge on any atom is -0.463 e. The molecule has 0 aliphatic carbocycles. The summed E-state index contributed by atoms with van der Waals surface area (Å²) >= 11 is 0. The molecule has 0 rings (SSSR count). The Labute approximate surface area is 674 Å². The summed E-state index contributed by atoms with van der Waals surface area (Å²) in [5.41, 5.74) is 0. The summed E-state index contributed by atoms with van der Waals surface area (Å²) in [6.07, 6.45) is 111. The largest absolute Gasteiger partial charge is 0.472 e. The fourth-order valence-electron chi connectivity index (χ4n) is 10.9. The highest BCUT2D eigenvalue weighted by Crippen LogP contribution is 2.45. The Morgan fingerprint density at radius 1 is 0.261 bits per heavy atom. The number of allylic oxidation sites excluding steroid dienone is 32. The highest BCUT2D eigenvalue weighted by Gasteiger charge is 2.29. The zero-order valence-electron chi connectivity index (χ0n) is 69.1. The Balaban J connectivity index is 4.61. The van der Waals surface area contributed by atoms with Gasteiger partial charge in [-0.2, -0.15) is 0 Å². The highest BCUT2D eigenvalue weighted by atomic mass is 31.2. The van der Waals surface area contributed by atoms with Gasteiger partial charge in [-0.1, -0.05) is 337 Å². The van der Waals surface area contributed by atoms with Crippen LogP contribution < -0.4 is 0 Å². The summed E-state index contributed by atoms with van der Waals surface area (Å²) < 4.78 is 61.2. The Morgan fingerprint density at radius 3 is 0.793 bits per heavy atom. The van der Waals surface area contributed by atoms with E-state index in [1.54, 1.807) is 0 Å². The molecule has 0 aliphatic rings. The molecule has 111 heavy (non-hydrogen) atoms. The number of ether oxygens (including phenoxy) is 3. The molecule has 16 nitrogen and oxygen atoms in total. The van der Waals surface area contributed by atoms with Crippen LogP contribution >= 0.6 is 15.6 Å². The van der Waals surface area contributed by atoms with Crippen molar-refractivity contribution in [2.24, 2.45) is 0 Å². The number of carbonyl (C=O) groups excluding carboxylic acids is 3. The normalized spacial score (nSPS) is 14.8. The third kappa shape index (κ3) is 85.1. The van der Waals surface area contributed by atoms with E-state index < -0.39 is 91.5 Å². The van der Waals surface area contributed by atoms with E-state index in [1.165, 1.54) is 116 Å². The Morgan fingerprint density at radius 2 is 0.495 bits per heavy atom. The van der Waals surface area contributed by atoms with E-state index in [9.17, 15) is 43.5 Å². The van der Waals surface area contributed by atoms with Gasteiger partial charge in [-0.05, 0) is 154 Å². The maximum Gasteiger partial charge on any atom is 0.472 e. The number of unbranched alkanes of at least 4 members (excludes halogenated alkanes) is 24. The predicted octanol–water partition coefficient (Wildman–Crippen LogP) is 25.9. The van der Waals surface area contributed by atoms with Crippen molar-refractivity contribution < 1.29 is 75.8 Å². The van der Waals surface area contributed by atoms with E-state index >= 15 is 0 Å². The summed E-state index contributed by atoms with van der Waals surface area (Å²) in [7, 11) is -9.85. The third-order valence-corrected chi connectivity index (χ3v) is 19.2. The second-order valence-electron chi connectivity index (χ2n) is 27.9. The number of phosphoric acid groups is 2. The number of phosphoric ester groups is 2. The van der Waals surface area contributed by atoms with Crippen LogP contribution in [-0.2, 0) is 55.8 Å². The third-order valence-electron chi connectivity index (χ3n) is 17.3. The predicted molar refractivity (Wildman–Crippen MR) is 463 cm³/mol. The average molecular weight is 1590 g/mol. The molecule has 630 valence electrons. The van der Waals surface area contributed by atoms with Gasteiger partial charge in [0, 0.05) is 19.3 Å². The highest BCUT2D eigenvalue weighted by molar-refractivity contribution is 7.47. The lowest BCUT2D eigenvalue weighted by atomic mass is 10.0.